The Morgan fingerprint density at radius 2 is 1.69 bits per heavy atom. The number of nitrogens with zero attached hydrogens (tertiary/aromatic N) is 1. The van der Waals surface area contributed by atoms with Crippen LogP contribution in [0.2, 0.25) is 0 Å². The normalized spacial score (nSPS) is 31.8. The molecule has 4 aliphatic heterocycles. The first-order valence-electron chi connectivity index (χ1n) is 15.3. The first-order valence-corrected chi connectivity index (χ1v) is 15.3. The summed E-state index contributed by atoms with van der Waals surface area (Å²) in [5.74, 6) is -0.874. The van der Waals surface area contributed by atoms with E-state index in [-0.39, 0.29) is 29.9 Å². The van der Waals surface area contributed by atoms with Crippen LogP contribution in [-0.4, -0.2) is 65.7 Å². The quantitative estimate of drug-likeness (QED) is 0.461. The summed E-state index contributed by atoms with van der Waals surface area (Å²) < 4.78 is 18.2. The summed E-state index contributed by atoms with van der Waals surface area (Å²) in [5.41, 5.74) is -0.580. The topological polar surface area (TPSA) is 106 Å². The minimum absolute atomic E-state index is 0.0944. The molecule has 9 nitrogen and oxygen atoms in total. The van der Waals surface area contributed by atoms with Crippen LogP contribution in [-0.2, 0) is 23.9 Å². The van der Waals surface area contributed by atoms with Gasteiger partial charge in [0.1, 0.15) is 23.1 Å². The Kier molecular flexibility index (Phi) is 7.23. The smallest absolute Gasteiger partial charge is 0.246 e. The van der Waals surface area contributed by atoms with Crippen LogP contribution in [0.15, 0.2) is 66.7 Å². The van der Waals surface area contributed by atoms with Crippen molar-refractivity contribution in [2.45, 2.75) is 74.8 Å². The molecule has 0 unspecified atom stereocenters. The highest BCUT2D eigenvalue weighted by molar-refractivity contribution is 6.02. The number of amides is 3. The van der Waals surface area contributed by atoms with E-state index in [0.717, 1.165) is 44.3 Å². The van der Waals surface area contributed by atoms with Crippen molar-refractivity contribution < 1.29 is 28.6 Å². The number of anilines is 1. The number of para-hydroxylation sites is 1. The van der Waals surface area contributed by atoms with Crippen molar-refractivity contribution >= 4 is 23.4 Å². The number of hydrogen-bond donors (Lipinski definition) is 2. The summed E-state index contributed by atoms with van der Waals surface area (Å²) in [6.07, 6.45) is 10.0. The molecular formula is C33H37N3O6. The number of likely N-dealkylation sites (tertiary alicyclic amines) is 1. The van der Waals surface area contributed by atoms with Gasteiger partial charge in [-0.1, -0.05) is 49.6 Å². The number of hydrogen-bond acceptors (Lipinski definition) is 6. The van der Waals surface area contributed by atoms with Crippen molar-refractivity contribution in [3.05, 3.63) is 66.7 Å². The second-order valence-corrected chi connectivity index (χ2v) is 12.1. The number of carbonyl (C=O) groups excluding carboxylic acids is 3. The largest absolute Gasteiger partial charge is 0.457 e. The number of fused-ring (bicyclic) bond motifs is 1. The van der Waals surface area contributed by atoms with Crippen LogP contribution >= 0.6 is 0 Å². The molecule has 0 radical (unpaired) electrons. The van der Waals surface area contributed by atoms with Gasteiger partial charge in [-0.05, 0) is 62.1 Å². The van der Waals surface area contributed by atoms with Crippen molar-refractivity contribution in [3.8, 4) is 11.5 Å². The zero-order chi connectivity index (χ0) is 28.7. The summed E-state index contributed by atoms with van der Waals surface area (Å²) in [6.45, 7) is 0.970. The minimum atomic E-state index is -1.17. The van der Waals surface area contributed by atoms with Gasteiger partial charge in [0.25, 0.3) is 0 Å². The fourth-order valence-corrected chi connectivity index (χ4v) is 7.46. The average molecular weight is 572 g/mol. The highest BCUT2D eigenvalue weighted by Gasteiger charge is 2.73. The molecule has 7 rings (SSSR count). The summed E-state index contributed by atoms with van der Waals surface area (Å²) in [5, 5.41) is 6.22. The van der Waals surface area contributed by atoms with Gasteiger partial charge in [0, 0.05) is 24.9 Å². The van der Waals surface area contributed by atoms with E-state index in [1.165, 1.54) is 6.42 Å². The van der Waals surface area contributed by atoms with Crippen molar-refractivity contribution in [1.29, 1.82) is 0 Å². The molecule has 6 atom stereocenters. The van der Waals surface area contributed by atoms with Crippen molar-refractivity contribution in [3.63, 3.8) is 0 Å². The highest BCUT2D eigenvalue weighted by Crippen LogP contribution is 2.55. The lowest BCUT2D eigenvalue weighted by Gasteiger charge is -2.34. The molecule has 9 heteroatoms. The van der Waals surface area contributed by atoms with E-state index >= 15 is 0 Å². The van der Waals surface area contributed by atoms with Gasteiger partial charge >= 0.3 is 0 Å². The van der Waals surface area contributed by atoms with Crippen molar-refractivity contribution in [2.75, 3.05) is 18.5 Å². The van der Waals surface area contributed by atoms with Gasteiger partial charge in [0.05, 0.1) is 24.0 Å². The predicted octanol–water partition coefficient (Wildman–Crippen LogP) is 4.20. The van der Waals surface area contributed by atoms with Gasteiger partial charge in [-0.25, -0.2) is 0 Å². The number of benzene rings is 2. The second kappa shape index (κ2) is 11.2. The molecule has 4 heterocycles. The molecule has 1 spiro atoms. The van der Waals surface area contributed by atoms with Gasteiger partial charge in [-0.15, -0.1) is 0 Å². The van der Waals surface area contributed by atoms with Crippen LogP contribution in [0.1, 0.15) is 44.9 Å². The van der Waals surface area contributed by atoms with Crippen LogP contribution in [0, 0.1) is 11.8 Å². The fraction of sp³-hybridized carbons (Fsp3) is 0.485. The van der Waals surface area contributed by atoms with Crippen LogP contribution in [0.5, 0.6) is 11.5 Å². The summed E-state index contributed by atoms with van der Waals surface area (Å²) in [6, 6.07) is 15.9. The maximum absolute atomic E-state index is 14.1. The number of nitrogens with one attached hydrogen (secondary N) is 2. The SMILES string of the molecule is O=C(Nc1ccc(Oc2ccccc2)cc1)[C@H]1[C@H]2C=C[C@]3(O2)[C@H](C(=O)NC2CCCCC2)N(C[C@H]2CCCO2)C(=O)[C@@H]13. The maximum Gasteiger partial charge on any atom is 0.246 e. The molecule has 2 aromatic rings. The molecule has 3 amide bonds. The predicted molar refractivity (Wildman–Crippen MR) is 155 cm³/mol. The number of carbonyl (C=O) groups is 3. The lowest BCUT2D eigenvalue weighted by Crippen LogP contribution is -2.57. The standard InChI is InChI=1S/C33H37N3O6/c37-30(34-22-13-15-24(16-14-22)41-23-10-5-2-6-11-23)27-26-17-18-33(42-26)28(27)32(39)36(20-25-12-7-19-40-25)29(33)31(38)35-21-8-3-1-4-9-21/h2,5-6,10-11,13-18,21,25-29H,1,3-4,7-9,12,19-20H2,(H,34,37)(H,35,38)/t25-,26-,27+,28-,29+,33-/m1/s1. The fourth-order valence-electron chi connectivity index (χ4n) is 7.46. The highest BCUT2D eigenvalue weighted by atomic mass is 16.5. The summed E-state index contributed by atoms with van der Waals surface area (Å²) in [4.78, 5) is 43.5. The zero-order valence-corrected chi connectivity index (χ0v) is 23.6. The molecule has 2 aromatic carbocycles. The molecule has 1 aliphatic carbocycles. The van der Waals surface area contributed by atoms with E-state index in [1.54, 1.807) is 29.2 Å². The first kappa shape index (κ1) is 27.2. The summed E-state index contributed by atoms with van der Waals surface area (Å²) >= 11 is 0. The van der Waals surface area contributed by atoms with E-state index in [9.17, 15) is 14.4 Å². The molecule has 2 N–H and O–H groups in total. The van der Waals surface area contributed by atoms with Gasteiger partial charge in [-0.3, -0.25) is 14.4 Å². The van der Waals surface area contributed by atoms with Crippen LogP contribution < -0.4 is 15.4 Å². The van der Waals surface area contributed by atoms with Crippen molar-refractivity contribution in [1.82, 2.24) is 10.2 Å². The molecule has 3 saturated heterocycles. The van der Waals surface area contributed by atoms with E-state index < -0.39 is 29.6 Å². The maximum atomic E-state index is 14.1. The Morgan fingerprint density at radius 3 is 2.43 bits per heavy atom. The Bertz CT molecular complexity index is 1350. The molecule has 42 heavy (non-hydrogen) atoms. The number of ether oxygens (including phenoxy) is 3. The number of rotatable bonds is 8. The van der Waals surface area contributed by atoms with E-state index in [4.69, 9.17) is 14.2 Å². The van der Waals surface area contributed by atoms with Crippen LogP contribution in [0.3, 0.4) is 0 Å². The van der Waals surface area contributed by atoms with Gasteiger partial charge < -0.3 is 29.7 Å². The third-order valence-corrected chi connectivity index (χ3v) is 9.40. The second-order valence-electron chi connectivity index (χ2n) is 12.1. The van der Waals surface area contributed by atoms with Gasteiger partial charge in [0.15, 0.2) is 0 Å². The van der Waals surface area contributed by atoms with Gasteiger partial charge in [0.2, 0.25) is 17.7 Å². The first-order chi connectivity index (χ1) is 20.5. The van der Waals surface area contributed by atoms with E-state index in [2.05, 4.69) is 10.6 Å². The molecule has 0 aromatic heterocycles. The van der Waals surface area contributed by atoms with Gasteiger partial charge in [-0.2, -0.15) is 0 Å². The zero-order valence-electron chi connectivity index (χ0n) is 23.6. The molecule has 4 fully saturated rings. The molecule has 2 bridgehead atoms. The lowest BCUT2D eigenvalue weighted by atomic mass is 9.74. The molecule has 220 valence electrons. The summed E-state index contributed by atoms with van der Waals surface area (Å²) in [7, 11) is 0. The monoisotopic (exact) mass is 571 g/mol. The Balaban J connectivity index is 1.11. The van der Waals surface area contributed by atoms with E-state index in [1.807, 2.05) is 42.5 Å². The lowest BCUT2D eigenvalue weighted by molar-refractivity contribution is -0.143. The minimum Gasteiger partial charge on any atom is -0.457 e. The van der Waals surface area contributed by atoms with Crippen molar-refractivity contribution in [2.24, 2.45) is 11.8 Å². The van der Waals surface area contributed by atoms with Crippen LogP contribution in [0.25, 0.3) is 0 Å². The molecule has 5 aliphatic rings. The van der Waals surface area contributed by atoms with Crippen LogP contribution in [0.4, 0.5) is 5.69 Å². The third-order valence-electron chi connectivity index (χ3n) is 9.40. The third kappa shape index (κ3) is 4.88. The molecular weight excluding hydrogens is 534 g/mol. The van der Waals surface area contributed by atoms with E-state index in [0.29, 0.717) is 24.6 Å². The Morgan fingerprint density at radius 1 is 0.929 bits per heavy atom. The molecule has 1 saturated carbocycles. The Hall–Kier alpha value is -3.69. The average Bonchev–Trinajstić information content (AvgIpc) is 3.78. The Labute approximate surface area is 245 Å².